The third kappa shape index (κ3) is 2.29. The topological polar surface area (TPSA) is 28.1 Å². The molecule has 2 aromatic carbocycles. The van der Waals surface area contributed by atoms with Crippen molar-refractivity contribution in [3.63, 3.8) is 0 Å². The van der Waals surface area contributed by atoms with Gasteiger partial charge in [0, 0.05) is 28.9 Å². The lowest BCUT2D eigenvalue weighted by molar-refractivity contribution is 1.35. The highest BCUT2D eigenvalue weighted by molar-refractivity contribution is 5.99. The molecule has 0 saturated carbocycles. The van der Waals surface area contributed by atoms with E-state index in [1.807, 2.05) is 24.5 Å². The molecular formula is C17H16N2. The Morgan fingerprint density at radius 2 is 1.89 bits per heavy atom. The van der Waals surface area contributed by atoms with Crippen LogP contribution in [-0.2, 0) is 0 Å². The zero-order chi connectivity index (χ0) is 13.2. The van der Waals surface area contributed by atoms with E-state index in [9.17, 15) is 0 Å². The van der Waals surface area contributed by atoms with E-state index >= 15 is 0 Å². The molecule has 0 bridgehead atoms. The van der Waals surface area contributed by atoms with Crippen LogP contribution in [0.5, 0.6) is 0 Å². The summed E-state index contributed by atoms with van der Waals surface area (Å²) in [5.74, 6) is 0. The Hall–Kier alpha value is -2.35. The first-order valence-corrected chi connectivity index (χ1v) is 6.41. The van der Waals surface area contributed by atoms with Crippen LogP contribution in [0.1, 0.15) is 16.7 Å². The average Bonchev–Trinajstić information content (AvgIpc) is 2.83. The number of hydrogen-bond donors (Lipinski definition) is 1. The average molecular weight is 248 g/mol. The van der Waals surface area contributed by atoms with E-state index in [1.54, 1.807) is 0 Å². The molecule has 2 heteroatoms. The second-order valence-corrected chi connectivity index (χ2v) is 4.84. The minimum atomic E-state index is 1.03. The quantitative estimate of drug-likeness (QED) is 0.645. The minimum absolute atomic E-state index is 1.03. The number of aryl methyl sites for hydroxylation is 2. The Kier molecular flexibility index (Phi) is 2.92. The van der Waals surface area contributed by atoms with Crippen LogP contribution >= 0.6 is 0 Å². The molecule has 2 nitrogen and oxygen atoms in total. The molecule has 1 aromatic heterocycles. The van der Waals surface area contributed by atoms with Crippen molar-refractivity contribution < 1.29 is 0 Å². The van der Waals surface area contributed by atoms with Crippen LogP contribution in [0.15, 0.2) is 53.7 Å². The van der Waals surface area contributed by atoms with Gasteiger partial charge in [-0.2, -0.15) is 0 Å². The molecule has 0 saturated heterocycles. The van der Waals surface area contributed by atoms with Gasteiger partial charge >= 0.3 is 0 Å². The summed E-state index contributed by atoms with van der Waals surface area (Å²) in [7, 11) is 0. The lowest BCUT2D eigenvalue weighted by Crippen LogP contribution is -1.80. The van der Waals surface area contributed by atoms with Crippen molar-refractivity contribution in [3.8, 4) is 0 Å². The summed E-state index contributed by atoms with van der Waals surface area (Å²) < 4.78 is 0. The van der Waals surface area contributed by atoms with E-state index in [2.05, 4.69) is 54.2 Å². The number of nitrogens with one attached hydrogen (secondary N) is 1. The number of aromatic amines is 1. The van der Waals surface area contributed by atoms with Crippen molar-refractivity contribution in [3.05, 3.63) is 65.4 Å². The Morgan fingerprint density at radius 1 is 1.05 bits per heavy atom. The summed E-state index contributed by atoms with van der Waals surface area (Å²) in [4.78, 5) is 7.87. The predicted molar refractivity (Wildman–Crippen MR) is 81.5 cm³/mol. The SMILES string of the molecule is Cc1ccc(C)c(N=Cc2c[nH]c3ccccc23)c1. The number of hydrogen-bond acceptors (Lipinski definition) is 1. The maximum absolute atomic E-state index is 4.61. The molecule has 19 heavy (non-hydrogen) atoms. The largest absolute Gasteiger partial charge is 0.361 e. The van der Waals surface area contributed by atoms with Gasteiger partial charge in [0.15, 0.2) is 0 Å². The molecule has 0 amide bonds. The maximum Gasteiger partial charge on any atom is 0.0661 e. The molecule has 3 rings (SSSR count). The lowest BCUT2D eigenvalue weighted by Gasteiger charge is -2.00. The summed E-state index contributed by atoms with van der Waals surface area (Å²) >= 11 is 0. The van der Waals surface area contributed by atoms with E-state index in [-0.39, 0.29) is 0 Å². The number of nitrogens with zero attached hydrogens (tertiary/aromatic N) is 1. The van der Waals surface area contributed by atoms with E-state index in [4.69, 9.17) is 0 Å². The summed E-state index contributed by atoms with van der Waals surface area (Å²) in [6, 6.07) is 14.6. The molecule has 0 radical (unpaired) electrons. The molecule has 3 aromatic rings. The Labute approximate surface area is 112 Å². The van der Waals surface area contributed by atoms with Crippen molar-refractivity contribution in [1.82, 2.24) is 4.98 Å². The molecule has 0 spiro atoms. The van der Waals surface area contributed by atoms with Gasteiger partial charge in [0.1, 0.15) is 0 Å². The van der Waals surface area contributed by atoms with E-state index in [1.165, 1.54) is 16.5 Å². The van der Waals surface area contributed by atoms with Crippen molar-refractivity contribution in [2.45, 2.75) is 13.8 Å². The maximum atomic E-state index is 4.61. The highest BCUT2D eigenvalue weighted by atomic mass is 14.7. The zero-order valence-electron chi connectivity index (χ0n) is 11.1. The van der Waals surface area contributed by atoms with Gasteiger partial charge in [-0.1, -0.05) is 30.3 Å². The molecule has 0 aliphatic carbocycles. The third-order valence-electron chi connectivity index (χ3n) is 3.33. The summed E-state index contributed by atoms with van der Waals surface area (Å²) in [5, 5.41) is 1.21. The van der Waals surface area contributed by atoms with Crippen molar-refractivity contribution in [2.75, 3.05) is 0 Å². The zero-order valence-corrected chi connectivity index (χ0v) is 11.1. The molecule has 0 unspecified atom stereocenters. The van der Waals surface area contributed by atoms with Gasteiger partial charge < -0.3 is 4.98 Å². The first-order valence-electron chi connectivity index (χ1n) is 6.41. The van der Waals surface area contributed by atoms with Crippen molar-refractivity contribution in [1.29, 1.82) is 0 Å². The van der Waals surface area contributed by atoms with Gasteiger partial charge in [-0.05, 0) is 37.1 Å². The van der Waals surface area contributed by atoms with E-state index < -0.39 is 0 Å². The van der Waals surface area contributed by atoms with Crippen molar-refractivity contribution in [2.24, 2.45) is 4.99 Å². The number of aromatic nitrogens is 1. The molecule has 0 fully saturated rings. The molecule has 0 aliphatic heterocycles. The molecule has 1 heterocycles. The number of H-pyrrole nitrogens is 1. The second-order valence-electron chi connectivity index (χ2n) is 4.84. The van der Waals surface area contributed by atoms with Crippen molar-refractivity contribution >= 4 is 22.8 Å². The lowest BCUT2D eigenvalue weighted by atomic mass is 10.1. The fourth-order valence-electron chi connectivity index (χ4n) is 2.20. The first kappa shape index (κ1) is 11.7. The Bertz CT molecular complexity index is 751. The van der Waals surface area contributed by atoms with Crippen LogP contribution in [0, 0.1) is 13.8 Å². The van der Waals surface area contributed by atoms with E-state index in [0.717, 1.165) is 16.8 Å². The smallest absolute Gasteiger partial charge is 0.0661 e. The summed E-state index contributed by atoms with van der Waals surface area (Å²) in [6.07, 6.45) is 3.93. The highest BCUT2D eigenvalue weighted by Gasteiger charge is 2.00. The number of para-hydroxylation sites is 1. The predicted octanol–water partition coefficient (Wildman–Crippen LogP) is 4.54. The molecule has 1 N–H and O–H groups in total. The fourth-order valence-corrected chi connectivity index (χ4v) is 2.20. The van der Waals surface area contributed by atoms with Crippen LogP contribution in [0.4, 0.5) is 5.69 Å². The number of rotatable bonds is 2. The van der Waals surface area contributed by atoms with E-state index in [0.29, 0.717) is 0 Å². The second kappa shape index (κ2) is 4.73. The van der Waals surface area contributed by atoms with Gasteiger partial charge in [-0.15, -0.1) is 0 Å². The van der Waals surface area contributed by atoms with Crippen LogP contribution in [-0.4, -0.2) is 11.2 Å². The van der Waals surface area contributed by atoms with Gasteiger partial charge in [0.2, 0.25) is 0 Å². The van der Waals surface area contributed by atoms with Gasteiger partial charge in [-0.25, -0.2) is 0 Å². The summed E-state index contributed by atoms with van der Waals surface area (Å²) in [5.41, 5.74) is 5.73. The highest BCUT2D eigenvalue weighted by Crippen LogP contribution is 2.21. The third-order valence-corrected chi connectivity index (χ3v) is 3.33. The molecular weight excluding hydrogens is 232 g/mol. The van der Waals surface area contributed by atoms with Gasteiger partial charge in [0.05, 0.1) is 5.69 Å². The first-order chi connectivity index (χ1) is 9.24. The van der Waals surface area contributed by atoms with Crippen LogP contribution in [0.2, 0.25) is 0 Å². The Balaban J connectivity index is 2.00. The van der Waals surface area contributed by atoms with Crippen LogP contribution in [0.25, 0.3) is 10.9 Å². The standard InChI is InChI=1S/C17H16N2/c1-12-7-8-13(2)17(9-12)19-11-14-10-18-16-6-4-3-5-15(14)16/h3-11,18H,1-2H3. The number of fused-ring (bicyclic) bond motifs is 1. The Morgan fingerprint density at radius 3 is 2.79 bits per heavy atom. The molecule has 0 atom stereocenters. The van der Waals surface area contributed by atoms with Crippen LogP contribution in [0.3, 0.4) is 0 Å². The molecule has 0 aliphatic rings. The normalized spacial score (nSPS) is 11.5. The summed E-state index contributed by atoms with van der Waals surface area (Å²) in [6.45, 7) is 4.17. The van der Waals surface area contributed by atoms with Gasteiger partial charge in [-0.3, -0.25) is 4.99 Å². The fraction of sp³-hybridized carbons (Fsp3) is 0.118. The van der Waals surface area contributed by atoms with Crippen LogP contribution < -0.4 is 0 Å². The number of aliphatic imine (C=N–C) groups is 1. The number of benzene rings is 2. The molecule has 94 valence electrons. The van der Waals surface area contributed by atoms with Gasteiger partial charge in [0.25, 0.3) is 0 Å². The minimum Gasteiger partial charge on any atom is -0.361 e. The monoisotopic (exact) mass is 248 g/mol.